The van der Waals surface area contributed by atoms with Crippen molar-refractivity contribution in [3.8, 4) is 0 Å². The number of hydrogen-bond acceptors (Lipinski definition) is 14. The van der Waals surface area contributed by atoms with Gasteiger partial charge in [-0.05, 0) is 6.42 Å². The molecule has 0 spiro atoms. The summed E-state index contributed by atoms with van der Waals surface area (Å²) in [4.78, 5) is 0. The third kappa shape index (κ3) is 5.24. The number of aliphatic hydroxyl groups excluding tert-OH is 6. The fourth-order valence-electron chi connectivity index (χ4n) is 4.39. The van der Waals surface area contributed by atoms with Crippen molar-refractivity contribution in [2.24, 2.45) is 22.9 Å². The zero-order chi connectivity index (χ0) is 23.7. The van der Waals surface area contributed by atoms with E-state index in [1.807, 2.05) is 0 Å². The van der Waals surface area contributed by atoms with Gasteiger partial charge in [0.2, 0.25) is 0 Å². The Kier molecular flexibility index (Phi) is 8.79. The lowest BCUT2D eigenvalue weighted by Crippen LogP contribution is -2.68. The monoisotopic (exact) mass is 468 g/mol. The minimum absolute atomic E-state index is 0.0505. The van der Waals surface area contributed by atoms with Crippen molar-refractivity contribution in [3.05, 3.63) is 0 Å². The number of ether oxygens (including phenoxy) is 4. The maximum absolute atomic E-state index is 10.9. The molecule has 188 valence electrons. The number of nitrogens with two attached hydrogens (primary N) is 4. The van der Waals surface area contributed by atoms with Gasteiger partial charge in [-0.1, -0.05) is 0 Å². The van der Waals surface area contributed by atoms with Crippen LogP contribution in [0, 0.1) is 0 Å². The molecule has 14 heteroatoms. The molecule has 3 rings (SSSR count). The molecule has 3 fully saturated rings. The highest BCUT2D eigenvalue weighted by atomic mass is 16.7. The zero-order valence-corrected chi connectivity index (χ0v) is 17.5. The Hall–Kier alpha value is -0.560. The molecular formula is C18H36N4O10. The van der Waals surface area contributed by atoms with Crippen molar-refractivity contribution in [1.82, 2.24) is 0 Å². The third-order valence-electron chi connectivity index (χ3n) is 6.36. The van der Waals surface area contributed by atoms with Crippen LogP contribution in [0.3, 0.4) is 0 Å². The van der Waals surface area contributed by atoms with Crippen molar-refractivity contribution in [3.63, 3.8) is 0 Å². The topological polar surface area (TPSA) is 262 Å². The van der Waals surface area contributed by atoms with Gasteiger partial charge in [0.1, 0.15) is 48.8 Å². The maximum Gasteiger partial charge on any atom is 0.176 e. The van der Waals surface area contributed by atoms with Crippen molar-refractivity contribution < 1.29 is 49.6 Å². The van der Waals surface area contributed by atoms with E-state index in [1.54, 1.807) is 0 Å². The molecular weight excluding hydrogens is 432 g/mol. The van der Waals surface area contributed by atoms with Gasteiger partial charge in [0.25, 0.3) is 0 Å². The zero-order valence-electron chi connectivity index (χ0n) is 17.5. The molecule has 2 saturated heterocycles. The highest BCUT2D eigenvalue weighted by Crippen LogP contribution is 2.30. The number of hydrogen-bond donors (Lipinski definition) is 10. The van der Waals surface area contributed by atoms with Gasteiger partial charge in [0, 0.05) is 25.0 Å². The minimum atomic E-state index is -1.44. The molecule has 1 saturated carbocycles. The summed E-state index contributed by atoms with van der Waals surface area (Å²) in [7, 11) is 0. The molecule has 14 nitrogen and oxygen atoms in total. The average Bonchev–Trinajstić information content (AvgIpc) is 2.76. The molecule has 32 heavy (non-hydrogen) atoms. The van der Waals surface area contributed by atoms with Crippen LogP contribution in [0.15, 0.2) is 0 Å². The Labute approximate surface area is 185 Å². The van der Waals surface area contributed by atoms with Crippen LogP contribution < -0.4 is 22.9 Å². The first kappa shape index (κ1) is 26.1. The Morgan fingerprint density at radius 2 is 1.38 bits per heavy atom. The maximum atomic E-state index is 10.9. The summed E-state index contributed by atoms with van der Waals surface area (Å²) in [5.74, 6) is 0. The highest BCUT2D eigenvalue weighted by Gasteiger charge is 2.50. The molecule has 0 aromatic carbocycles. The molecule has 0 bridgehead atoms. The quantitative estimate of drug-likeness (QED) is 0.174. The summed E-state index contributed by atoms with van der Waals surface area (Å²) in [6.45, 7) is -0.638. The fraction of sp³-hybridized carbons (Fsp3) is 1.00. The van der Waals surface area contributed by atoms with E-state index in [-0.39, 0.29) is 19.4 Å². The molecule has 0 radical (unpaired) electrons. The molecule has 0 aromatic rings. The van der Waals surface area contributed by atoms with E-state index in [9.17, 15) is 30.6 Å². The Bertz CT molecular complexity index is 606. The van der Waals surface area contributed by atoms with E-state index in [2.05, 4.69) is 0 Å². The fourth-order valence-corrected chi connectivity index (χ4v) is 4.39. The van der Waals surface area contributed by atoms with Crippen LogP contribution in [0.2, 0.25) is 0 Å². The number of aliphatic hydroxyl groups is 6. The number of rotatable bonds is 6. The van der Waals surface area contributed by atoms with E-state index < -0.39 is 92.2 Å². The first-order valence-corrected chi connectivity index (χ1v) is 10.7. The molecule has 1 aliphatic carbocycles. The van der Waals surface area contributed by atoms with E-state index in [0.717, 1.165) is 0 Å². The minimum Gasteiger partial charge on any atom is -0.394 e. The molecule has 8 unspecified atom stereocenters. The van der Waals surface area contributed by atoms with Gasteiger partial charge in [-0.25, -0.2) is 0 Å². The van der Waals surface area contributed by atoms with E-state index in [1.165, 1.54) is 0 Å². The van der Waals surface area contributed by atoms with E-state index in [4.69, 9.17) is 41.9 Å². The lowest BCUT2D eigenvalue weighted by atomic mass is 9.84. The van der Waals surface area contributed by atoms with Gasteiger partial charge >= 0.3 is 0 Å². The van der Waals surface area contributed by atoms with Gasteiger partial charge in [-0.2, -0.15) is 0 Å². The largest absolute Gasteiger partial charge is 0.394 e. The summed E-state index contributed by atoms with van der Waals surface area (Å²) in [5.41, 5.74) is 23.7. The van der Waals surface area contributed by atoms with E-state index >= 15 is 0 Å². The second kappa shape index (κ2) is 10.8. The van der Waals surface area contributed by atoms with Crippen molar-refractivity contribution in [1.29, 1.82) is 0 Å². The Morgan fingerprint density at radius 3 is 1.97 bits per heavy atom. The van der Waals surface area contributed by atoms with Crippen LogP contribution in [0.25, 0.3) is 0 Å². The van der Waals surface area contributed by atoms with Gasteiger partial charge in [0.05, 0.1) is 18.8 Å². The SMILES string of the molecule is NCC1O[C@H](O[C@@H]2C(N)CC(N)[C@H](OC3O[C@H](CO)C(O)[C@H](O)C3N)C2O)CC(O)[C@@H]1O. The van der Waals surface area contributed by atoms with Crippen LogP contribution in [0.5, 0.6) is 0 Å². The van der Waals surface area contributed by atoms with Crippen LogP contribution in [-0.2, 0) is 18.9 Å². The highest BCUT2D eigenvalue weighted by molar-refractivity contribution is 5.00. The molecule has 14 N–H and O–H groups in total. The average molecular weight is 469 g/mol. The Balaban J connectivity index is 1.69. The first-order valence-electron chi connectivity index (χ1n) is 10.7. The van der Waals surface area contributed by atoms with E-state index in [0.29, 0.717) is 0 Å². The van der Waals surface area contributed by atoms with Gasteiger partial charge in [-0.15, -0.1) is 0 Å². The summed E-state index contributed by atoms with van der Waals surface area (Å²) in [6, 6.07) is -2.63. The normalized spacial score (nSPS) is 52.7. The third-order valence-corrected chi connectivity index (χ3v) is 6.36. The predicted molar refractivity (Wildman–Crippen MR) is 106 cm³/mol. The first-order chi connectivity index (χ1) is 15.1. The Morgan fingerprint density at radius 1 is 0.750 bits per heavy atom. The summed E-state index contributed by atoms with van der Waals surface area (Å²) >= 11 is 0. The lowest BCUT2D eigenvalue weighted by Gasteiger charge is -2.47. The van der Waals surface area contributed by atoms with Crippen LogP contribution >= 0.6 is 0 Å². The van der Waals surface area contributed by atoms with Gasteiger partial charge in [0.15, 0.2) is 12.6 Å². The second-order valence-corrected chi connectivity index (χ2v) is 8.67. The standard InChI is InChI=1S/C18H36N4O10/c19-3-8-12(25)7(24)2-10(29-8)31-16-5(20)1-6(21)17(15(16)28)32-18-11(22)14(27)13(26)9(4-23)30-18/h5-18,23-28H,1-4,19-22H2/t5?,6?,7?,8?,9-,10-,11?,12+,13?,14-,15?,16-,17+,18?/m1/s1. The summed E-state index contributed by atoms with van der Waals surface area (Å²) < 4.78 is 22.6. The molecule has 3 aliphatic rings. The van der Waals surface area contributed by atoms with Gasteiger partial charge < -0.3 is 72.5 Å². The smallest absolute Gasteiger partial charge is 0.176 e. The molecule has 2 aliphatic heterocycles. The molecule has 0 amide bonds. The summed E-state index contributed by atoms with van der Waals surface area (Å²) in [6.07, 6.45) is -12.8. The predicted octanol–water partition coefficient (Wildman–Crippen LogP) is -6.26. The van der Waals surface area contributed by atoms with Gasteiger partial charge in [-0.3, -0.25) is 0 Å². The van der Waals surface area contributed by atoms with Crippen molar-refractivity contribution >= 4 is 0 Å². The lowest BCUT2D eigenvalue weighted by molar-refractivity contribution is -0.309. The van der Waals surface area contributed by atoms with Crippen molar-refractivity contribution in [2.45, 2.75) is 98.5 Å². The molecule has 14 atom stereocenters. The summed E-state index contributed by atoms with van der Waals surface area (Å²) in [5, 5.41) is 60.3. The van der Waals surface area contributed by atoms with Crippen LogP contribution in [0.1, 0.15) is 12.8 Å². The van der Waals surface area contributed by atoms with Crippen molar-refractivity contribution in [2.75, 3.05) is 13.2 Å². The molecule has 0 aromatic heterocycles. The molecule has 2 heterocycles. The van der Waals surface area contributed by atoms with Crippen LogP contribution in [0.4, 0.5) is 0 Å². The second-order valence-electron chi connectivity index (χ2n) is 8.67. The van der Waals surface area contributed by atoms with Crippen LogP contribution in [-0.4, -0.2) is 129 Å².